The number of benzene rings is 1. The maximum atomic E-state index is 14.6. The predicted molar refractivity (Wildman–Crippen MR) is 109 cm³/mol. The second kappa shape index (κ2) is 8.29. The largest absolute Gasteiger partial charge is 0.485 e. The first-order valence-electron chi connectivity index (χ1n) is 9.55. The van der Waals surface area contributed by atoms with Crippen LogP contribution in [0, 0.1) is 23.3 Å². The summed E-state index contributed by atoms with van der Waals surface area (Å²) in [6.45, 7) is 4.72. The van der Waals surface area contributed by atoms with Gasteiger partial charge >= 0.3 is 6.30 Å². The Hall–Kier alpha value is -3.64. The molecule has 0 aliphatic carbocycles. The predicted octanol–water partition coefficient (Wildman–Crippen LogP) is 4.43. The lowest BCUT2D eigenvalue weighted by Gasteiger charge is -2.23. The molecule has 0 aliphatic heterocycles. The number of amides is 1. The highest BCUT2D eigenvalue weighted by Gasteiger charge is 2.37. The second-order valence-corrected chi connectivity index (χ2v) is 8.36. The fourth-order valence-corrected chi connectivity index (χ4v) is 3.07. The quantitative estimate of drug-likeness (QED) is 0.436. The number of aromatic nitrogens is 2. The van der Waals surface area contributed by atoms with Crippen LogP contribution in [0.3, 0.4) is 0 Å². The number of carbonyl (C=O) groups is 1. The minimum absolute atomic E-state index is 0.281. The molecule has 13 heteroatoms. The van der Waals surface area contributed by atoms with E-state index in [4.69, 9.17) is 0 Å². The average Bonchev–Trinajstić information content (AvgIpc) is 2.66. The summed E-state index contributed by atoms with van der Waals surface area (Å²) in [7, 11) is 0.448. The molecule has 0 saturated heterocycles. The summed E-state index contributed by atoms with van der Waals surface area (Å²) in [5, 5.41) is 1.72. The molecular formula is C21H17F7N4O2. The fraction of sp³-hybridized carbons (Fsp3) is 0.286. The van der Waals surface area contributed by atoms with Crippen molar-refractivity contribution in [3.8, 4) is 5.69 Å². The molecule has 1 aromatic carbocycles. The standard InChI is InChI=1S/C21H17F7N4O2/c1-20(2,3)30-19(34)11-8-32(15-12(23)5-9(22)6-13(15)24)17-10(16(11)33)7-14(25)18(29-17)31(4)21(26,27)28/h5-8H,1-4H3,(H,30,34). The Balaban J connectivity index is 2.47. The molecule has 1 N–H and O–H groups in total. The summed E-state index contributed by atoms with van der Waals surface area (Å²) in [6.07, 6.45) is -4.45. The summed E-state index contributed by atoms with van der Waals surface area (Å²) in [6, 6.07) is 0.943. The van der Waals surface area contributed by atoms with Gasteiger partial charge in [0.15, 0.2) is 28.9 Å². The van der Waals surface area contributed by atoms with Gasteiger partial charge in [0.2, 0.25) is 5.43 Å². The Morgan fingerprint density at radius 3 is 2.06 bits per heavy atom. The van der Waals surface area contributed by atoms with Gasteiger partial charge in [-0.3, -0.25) is 19.1 Å². The smallest absolute Gasteiger partial charge is 0.347 e. The first kappa shape index (κ1) is 25.0. The van der Waals surface area contributed by atoms with Gasteiger partial charge in [0.25, 0.3) is 5.91 Å². The number of anilines is 1. The van der Waals surface area contributed by atoms with E-state index in [0.717, 1.165) is 0 Å². The zero-order chi connectivity index (χ0) is 25.7. The van der Waals surface area contributed by atoms with Gasteiger partial charge in [0.1, 0.15) is 17.1 Å². The number of nitrogens with zero attached hydrogens (tertiary/aromatic N) is 3. The van der Waals surface area contributed by atoms with Crippen LogP contribution in [0.25, 0.3) is 16.7 Å². The molecule has 1 amide bonds. The van der Waals surface area contributed by atoms with Crippen molar-refractivity contribution in [1.29, 1.82) is 0 Å². The molecule has 0 fully saturated rings. The van der Waals surface area contributed by atoms with Crippen molar-refractivity contribution >= 4 is 22.8 Å². The van der Waals surface area contributed by atoms with Crippen molar-refractivity contribution in [3.05, 3.63) is 63.5 Å². The average molecular weight is 490 g/mol. The van der Waals surface area contributed by atoms with E-state index in [2.05, 4.69) is 10.3 Å². The van der Waals surface area contributed by atoms with Crippen molar-refractivity contribution in [2.75, 3.05) is 11.9 Å². The number of rotatable bonds is 3. The normalized spacial score (nSPS) is 12.2. The first-order chi connectivity index (χ1) is 15.5. The van der Waals surface area contributed by atoms with E-state index in [1.54, 1.807) is 20.8 Å². The molecule has 2 aromatic heterocycles. The number of fused-ring (bicyclic) bond motifs is 1. The Labute approximate surface area is 187 Å². The number of carbonyl (C=O) groups excluding carboxylic acids is 1. The fourth-order valence-electron chi connectivity index (χ4n) is 3.07. The SMILES string of the molecule is CN(c1nc2c(cc1F)c(=O)c(C(=O)NC(C)(C)C)cn2-c1c(F)cc(F)cc1F)C(F)(F)F. The van der Waals surface area contributed by atoms with E-state index in [1.165, 1.54) is 0 Å². The van der Waals surface area contributed by atoms with Crippen LogP contribution in [0.1, 0.15) is 31.1 Å². The molecule has 3 aromatic rings. The zero-order valence-corrected chi connectivity index (χ0v) is 18.1. The van der Waals surface area contributed by atoms with Crippen LogP contribution < -0.4 is 15.6 Å². The van der Waals surface area contributed by atoms with Gasteiger partial charge in [-0.2, -0.15) is 13.2 Å². The summed E-state index contributed by atoms with van der Waals surface area (Å²) in [4.78, 5) is 28.6. The van der Waals surface area contributed by atoms with Crippen molar-refractivity contribution < 1.29 is 35.5 Å². The van der Waals surface area contributed by atoms with Crippen molar-refractivity contribution in [3.63, 3.8) is 0 Å². The first-order valence-corrected chi connectivity index (χ1v) is 9.55. The summed E-state index contributed by atoms with van der Waals surface area (Å²) in [5.74, 6) is -8.21. The van der Waals surface area contributed by atoms with Crippen molar-refractivity contribution in [2.45, 2.75) is 32.6 Å². The van der Waals surface area contributed by atoms with E-state index in [1.807, 2.05) is 0 Å². The maximum Gasteiger partial charge on any atom is 0.485 e. The molecule has 2 heterocycles. The monoisotopic (exact) mass is 490 g/mol. The van der Waals surface area contributed by atoms with E-state index in [9.17, 15) is 40.3 Å². The second-order valence-electron chi connectivity index (χ2n) is 8.36. The minimum atomic E-state index is -5.09. The van der Waals surface area contributed by atoms with Gasteiger partial charge in [-0.15, -0.1) is 0 Å². The Morgan fingerprint density at radius 2 is 1.56 bits per heavy atom. The number of halogens is 7. The Morgan fingerprint density at radius 1 is 1.00 bits per heavy atom. The van der Waals surface area contributed by atoms with E-state index >= 15 is 0 Å². The number of pyridine rings is 2. The molecular weight excluding hydrogens is 473 g/mol. The van der Waals surface area contributed by atoms with Crippen LogP contribution in [0.4, 0.5) is 36.6 Å². The lowest BCUT2D eigenvalue weighted by atomic mass is 10.1. The number of hydrogen-bond acceptors (Lipinski definition) is 4. The van der Waals surface area contributed by atoms with Gasteiger partial charge in [-0.25, -0.2) is 22.5 Å². The lowest BCUT2D eigenvalue weighted by Crippen LogP contribution is -2.42. The van der Waals surface area contributed by atoms with Crippen LogP contribution in [-0.4, -0.2) is 34.3 Å². The van der Waals surface area contributed by atoms with E-state index in [-0.39, 0.29) is 12.1 Å². The molecule has 6 nitrogen and oxygen atoms in total. The molecule has 0 bridgehead atoms. The number of hydrogen-bond donors (Lipinski definition) is 1. The Kier molecular flexibility index (Phi) is 6.10. The summed E-state index contributed by atoms with van der Waals surface area (Å²) in [5.41, 5.74) is -4.56. The molecule has 0 spiro atoms. The number of alkyl halides is 3. The maximum absolute atomic E-state index is 14.6. The van der Waals surface area contributed by atoms with Gasteiger partial charge in [0.05, 0.1) is 5.39 Å². The van der Waals surface area contributed by atoms with Gasteiger partial charge < -0.3 is 5.32 Å². The van der Waals surface area contributed by atoms with E-state index in [0.29, 0.717) is 23.9 Å². The molecule has 0 saturated carbocycles. The van der Waals surface area contributed by atoms with Crippen LogP contribution >= 0.6 is 0 Å². The van der Waals surface area contributed by atoms with E-state index < -0.39 is 79.4 Å². The van der Waals surface area contributed by atoms with Crippen LogP contribution in [0.15, 0.2) is 29.2 Å². The highest BCUT2D eigenvalue weighted by atomic mass is 19.4. The molecule has 0 atom stereocenters. The lowest BCUT2D eigenvalue weighted by molar-refractivity contribution is -0.126. The molecule has 0 aliphatic rings. The third-order valence-corrected chi connectivity index (χ3v) is 4.57. The molecule has 34 heavy (non-hydrogen) atoms. The third kappa shape index (κ3) is 4.68. The van der Waals surface area contributed by atoms with Gasteiger partial charge in [-0.05, 0) is 26.8 Å². The highest BCUT2D eigenvalue weighted by molar-refractivity contribution is 5.97. The number of nitrogens with one attached hydrogen (secondary N) is 1. The van der Waals surface area contributed by atoms with Crippen LogP contribution in [0.5, 0.6) is 0 Å². The van der Waals surface area contributed by atoms with Gasteiger partial charge in [-0.1, -0.05) is 0 Å². The van der Waals surface area contributed by atoms with Crippen LogP contribution in [-0.2, 0) is 0 Å². The Bertz CT molecular complexity index is 1340. The molecule has 3 rings (SSSR count). The summed E-state index contributed by atoms with van der Waals surface area (Å²) < 4.78 is 97.1. The van der Waals surface area contributed by atoms with Gasteiger partial charge in [0, 0.05) is 30.9 Å². The van der Waals surface area contributed by atoms with Crippen LogP contribution in [0.2, 0.25) is 0 Å². The summed E-state index contributed by atoms with van der Waals surface area (Å²) >= 11 is 0. The topological polar surface area (TPSA) is 67.2 Å². The molecule has 0 unspecified atom stereocenters. The highest BCUT2D eigenvalue weighted by Crippen LogP contribution is 2.30. The third-order valence-electron chi connectivity index (χ3n) is 4.57. The zero-order valence-electron chi connectivity index (χ0n) is 18.1. The molecule has 0 radical (unpaired) electrons. The minimum Gasteiger partial charge on any atom is -0.347 e. The molecule has 182 valence electrons. The van der Waals surface area contributed by atoms with Crippen molar-refractivity contribution in [2.24, 2.45) is 0 Å². The van der Waals surface area contributed by atoms with Crippen molar-refractivity contribution in [1.82, 2.24) is 14.9 Å².